The van der Waals surface area contributed by atoms with Crippen LogP contribution in [0, 0.1) is 0 Å². The number of nitrogens with one attached hydrogen (secondary N) is 1. The first-order chi connectivity index (χ1) is 8.09. The second kappa shape index (κ2) is 5.57. The summed E-state index contributed by atoms with van der Waals surface area (Å²) in [4.78, 5) is 13.6. The van der Waals surface area contributed by atoms with Crippen molar-refractivity contribution in [3.63, 3.8) is 0 Å². The lowest BCUT2D eigenvalue weighted by molar-refractivity contribution is -0.122. The smallest absolute Gasteiger partial charge is 0.221 e. The molecular formula is C12H24N2O3S. The summed E-state index contributed by atoms with van der Waals surface area (Å²) in [6.45, 7) is 6.43. The van der Waals surface area contributed by atoms with Crippen molar-refractivity contribution >= 4 is 15.7 Å². The molecule has 1 amide bonds. The van der Waals surface area contributed by atoms with Gasteiger partial charge in [-0.15, -0.1) is 0 Å². The molecular weight excluding hydrogens is 252 g/mol. The van der Waals surface area contributed by atoms with Gasteiger partial charge in [-0.25, -0.2) is 8.42 Å². The van der Waals surface area contributed by atoms with Crippen LogP contribution in [0.25, 0.3) is 0 Å². The number of sulfone groups is 1. The first-order valence-corrected chi connectivity index (χ1v) is 8.13. The van der Waals surface area contributed by atoms with Crippen molar-refractivity contribution in [2.75, 3.05) is 25.1 Å². The maximum atomic E-state index is 11.6. The molecule has 0 spiro atoms. The maximum absolute atomic E-state index is 11.6. The summed E-state index contributed by atoms with van der Waals surface area (Å²) in [7, 11) is -0.965. The van der Waals surface area contributed by atoms with E-state index >= 15 is 0 Å². The SMILES string of the molecule is CN(CCC(=O)NC(C)(C)C)C1CCS(=O)(=O)C1. The van der Waals surface area contributed by atoms with Gasteiger partial charge in [0.15, 0.2) is 9.84 Å². The van der Waals surface area contributed by atoms with Gasteiger partial charge in [0.05, 0.1) is 11.5 Å². The summed E-state index contributed by atoms with van der Waals surface area (Å²) in [5.41, 5.74) is -0.216. The van der Waals surface area contributed by atoms with Gasteiger partial charge in [0.25, 0.3) is 0 Å². The van der Waals surface area contributed by atoms with Gasteiger partial charge < -0.3 is 10.2 Å². The van der Waals surface area contributed by atoms with E-state index in [2.05, 4.69) is 5.32 Å². The van der Waals surface area contributed by atoms with Gasteiger partial charge in [-0.2, -0.15) is 0 Å². The molecule has 1 N–H and O–H groups in total. The van der Waals surface area contributed by atoms with E-state index in [9.17, 15) is 13.2 Å². The molecule has 18 heavy (non-hydrogen) atoms. The van der Waals surface area contributed by atoms with Crippen molar-refractivity contribution in [3.05, 3.63) is 0 Å². The second-order valence-electron chi connectivity index (χ2n) is 6.09. The average Bonchev–Trinajstić information content (AvgIpc) is 2.52. The minimum atomic E-state index is -2.85. The largest absolute Gasteiger partial charge is 0.351 e. The topological polar surface area (TPSA) is 66.5 Å². The van der Waals surface area contributed by atoms with Crippen molar-refractivity contribution in [2.45, 2.75) is 45.2 Å². The monoisotopic (exact) mass is 276 g/mol. The fourth-order valence-electron chi connectivity index (χ4n) is 2.06. The van der Waals surface area contributed by atoms with Crippen LogP contribution in [0.3, 0.4) is 0 Å². The van der Waals surface area contributed by atoms with Crippen LogP contribution in [0.4, 0.5) is 0 Å². The molecule has 1 heterocycles. The van der Waals surface area contributed by atoms with Gasteiger partial charge in [-0.05, 0) is 34.2 Å². The van der Waals surface area contributed by atoms with Crippen molar-refractivity contribution < 1.29 is 13.2 Å². The highest BCUT2D eigenvalue weighted by atomic mass is 32.2. The van der Waals surface area contributed by atoms with Crippen molar-refractivity contribution in [1.29, 1.82) is 0 Å². The maximum Gasteiger partial charge on any atom is 0.221 e. The molecule has 5 nitrogen and oxygen atoms in total. The standard InChI is InChI=1S/C12H24N2O3S/c1-12(2,3)13-11(15)5-7-14(4)10-6-8-18(16,17)9-10/h10H,5-9H2,1-4H3,(H,13,15). The second-order valence-corrected chi connectivity index (χ2v) is 8.31. The molecule has 1 atom stereocenters. The van der Waals surface area contributed by atoms with E-state index in [-0.39, 0.29) is 29.0 Å². The van der Waals surface area contributed by atoms with Gasteiger partial charge in [-0.3, -0.25) is 4.79 Å². The molecule has 0 aromatic rings. The van der Waals surface area contributed by atoms with Crippen LogP contribution in [0.15, 0.2) is 0 Å². The Kier molecular flexibility index (Phi) is 4.78. The van der Waals surface area contributed by atoms with E-state index in [4.69, 9.17) is 0 Å². The van der Waals surface area contributed by atoms with E-state index in [0.29, 0.717) is 19.4 Å². The molecule has 0 saturated carbocycles. The molecule has 0 aromatic heterocycles. The third-order valence-electron chi connectivity index (χ3n) is 3.04. The lowest BCUT2D eigenvalue weighted by Gasteiger charge is -2.24. The fourth-order valence-corrected chi connectivity index (χ4v) is 3.87. The number of hydrogen-bond donors (Lipinski definition) is 1. The van der Waals surface area contributed by atoms with Gasteiger partial charge >= 0.3 is 0 Å². The first kappa shape index (κ1) is 15.4. The third kappa shape index (κ3) is 5.35. The molecule has 1 rings (SSSR count). The van der Waals surface area contributed by atoms with E-state index in [0.717, 1.165) is 0 Å². The lowest BCUT2D eigenvalue weighted by atomic mass is 10.1. The number of nitrogens with zero attached hydrogens (tertiary/aromatic N) is 1. The highest BCUT2D eigenvalue weighted by molar-refractivity contribution is 7.91. The van der Waals surface area contributed by atoms with Crippen LogP contribution in [-0.2, 0) is 14.6 Å². The molecule has 1 fully saturated rings. The van der Waals surface area contributed by atoms with Crippen LogP contribution in [-0.4, -0.2) is 55.9 Å². The minimum Gasteiger partial charge on any atom is -0.351 e. The van der Waals surface area contributed by atoms with Crippen molar-refractivity contribution in [1.82, 2.24) is 10.2 Å². The number of carbonyl (C=O) groups excluding carboxylic acids is 1. The first-order valence-electron chi connectivity index (χ1n) is 6.31. The van der Waals surface area contributed by atoms with Crippen molar-refractivity contribution in [2.24, 2.45) is 0 Å². The number of carbonyl (C=O) groups is 1. The summed E-state index contributed by atoms with van der Waals surface area (Å²) in [5, 5.41) is 2.90. The zero-order chi connectivity index (χ0) is 14.0. The Bertz CT molecular complexity index is 398. The van der Waals surface area contributed by atoms with Crippen LogP contribution >= 0.6 is 0 Å². The Morgan fingerprint density at radius 3 is 2.44 bits per heavy atom. The third-order valence-corrected chi connectivity index (χ3v) is 4.79. The highest BCUT2D eigenvalue weighted by Crippen LogP contribution is 2.16. The Labute approximate surface area is 110 Å². The molecule has 0 bridgehead atoms. The quantitative estimate of drug-likeness (QED) is 0.807. The zero-order valence-electron chi connectivity index (χ0n) is 11.7. The average molecular weight is 276 g/mol. The van der Waals surface area contributed by atoms with Crippen LogP contribution < -0.4 is 5.32 Å². The van der Waals surface area contributed by atoms with Gasteiger partial charge in [0.2, 0.25) is 5.91 Å². The Morgan fingerprint density at radius 1 is 1.39 bits per heavy atom. The van der Waals surface area contributed by atoms with Gasteiger partial charge in [0.1, 0.15) is 0 Å². The van der Waals surface area contributed by atoms with E-state index in [1.54, 1.807) is 0 Å². The summed E-state index contributed by atoms with van der Waals surface area (Å²) in [6.07, 6.45) is 1.09. The molecule has 1 saturated heterocycles. The Morgan fingerprint density at radius 2 is 2.00 bits per heavy atom. The molecule has 106 valence electrons. The Hall–Kier alpha value is -0.620. The number of amides is 1. The fraction of sp³-hybridized carbons (Fsp3) is 0.917. The molecule has 0 aliphatic carbocycles. The van der Waals surface area contributed by atoms with E-state index < -0.39 is 9.84 Å². The molecule has 1 unspecified atom stereocenters. The molecule has 0 aromatic carbocycles. The van der Waals surface area contributed by atoms with E-state index in [1.165, 1.54) is 0 Å². The minimum absolute atomic E-state index is 0.00945. The van der Waals surface area contributed by atoms with Gasteiger partial charge in [0, 0.05) is 24.5 Å². The number of rotatable bonds is 4. The van der Waals surface area contributed by atoms with Crippen LogP contribution in [0.5, 0.6) is 0 Å². The Balaban J connectivity index is 2.34. The predicted octanol–water partition coefficient (Wildman–Crippen LogP) is 0.410. The highest BCUT2D eigenvalue weighted by Gasteiger charge is 2.30. The summed E-state index contributed by atoms with van der Waals surface area (Å²) in [6, 6.07) is 0.0671. The zero-order valence-corrected chi connectivity index (χ0v) is 12.5. The molecule has 1 aliphatic heterocycles. The van der Waals surface area contributed by atoms with Crippen LogP contribution in [0.2, 0.25) is 0 Å². The molecule has 1 aliphatic rings. The van der Waals surface area contributed by atoms with Crippen LogP contribution in [0.1, 0.15) is 33.6 Å². The predicted molar refractivity (Wildman–Crippen MR) is 72.2 cm³/mol. The lowest BCUT2D eigenvalue weighted by Crippen LogP contribution is -2.42. The normalized spacial score (nSPS) is 23.3. The van der Waals surface area contributed by atoms with Crippen molar-refractivity contribution in [3.8, 4) is 0 Å². The molecule has 6 heteroatoms. The summed E-state index contributed by atoms with van der Waals surface area (Å²) >= 11 is 0. The van der Waals surface area contributed by atoms with Gasteiger partial charge in [-0.1, -0.05) is 0 Å². The van der Waals surface area contributed by atoms with E-state index in [1.807, 2.05) is 32.7 Å². The number of hydrogen-bond acceptors (Lipinski definition) is 4. The molecule has 0 radical (unpaired) electrons. The summed E-state index contributed by atoms with van der Waals surface area (Å²) < 4.78 is 22.7. The summed E-state index contributed by atoms with van der Waals surface area (Å²) in [5.74, 6) is 0.510.